The molecule has 0 radical (unpaired) electrons. The molecule has 0 aliphatic carbocycles. The summed E-state index contributed by atoms with van der Waals surface area (Å²) >= 11 is 1.32. The average Bonchev–Trinajstić information content (AvgIpc) is 3.44. The summed E-state index contributed by atoms with van der Waals surface area (Å²) in [5.41, 5.74) is 5.09. The van der Waals surface area contributed by atoms with Crippen LogP contribution in [0.25, 0.3) is 10.6 Å². The smallest absolute Gasteiger partial charge is 0.227 e. The molecule has 1 saturated heterocycles. The number of hydrogen-bond donors (Lipinski definition) is 0. The maximum Gasteiger partial charge on any atom is 0.227 e. The molecule has 160 valence electrons. The van der Waals surface area contributed by atoms with Gasteiger partial charge in [-0.3, -0.25) is 9.48 Å². The fraction of sp³-hybridized carbons (Fsp3) is 0.571. The minimum Gasteiger partial charge on any atom is -0.355 e. The summed E-state index contributed by atoms with van der Waals surface area (Å²) in [6, 6.07) is 1.91. The van der Waals surface area contributed by atoms with Crippen LogP contribution in [0, 0.1) is 33.6 Å². The first-order chi connectivity index (χ1) is 14.3. The standard InChI is InChI=1S/C21H28N6O2S/c1-12(10-27-16(5)14(3)15(4)23-27)21(28)26-8-6-7-17(11-26)19-20(30-25-22-19)18-9-13(2)24-29-18/h9,12,17H,6-8,10-11H2,1-5H3/t12-,17-/m0/s1. The van der Waals surface area contributed by atoms with Crippen LogP contribution in [-0.4, -0.2) is 48.4 Å². The summed E-state index contributed by atoms with van der Waals surface area (Å²) < 4.78 is 11.5. The van der Waals surface area contributed by atoms with Gasteiger partial charge >= 0.3 is 0 Å². The number of likely N-dealkylation sites (tertiary alicyclic amines) is 1. The van der Waals surface area contributed by atoms with Crippen molar-refractivity contribution in [2.45, 2.75) is 59.9 Å². The Labute approximate surface area is 180 Å². The van der Waals surface area contributed by atoms with E-state index in [4.69, 9.17) is 4.52 Å². The number of amides is 1. The van der Waals surface area contributed by atoms with Crippen LogP contribution in [0.4, 0.5) is 0 Å². The summed E-state index contributed by atoms with van der Waals surface area (Å²) in [6.45, 7) is 12.1. The fourth-order valence-corrected chi connectivity index (χ4v) is 4.82. The Hall–Kier alpha value is -2.55. The summed E-state index contributed by atoms with van der Waals surface area (Å²) in [5, 5.41) is 13.0. The third-order valence-electron chi connectivity index (χ3n) is 6.10. The van der Waals surface area contributed by atoms with Crippen molar-refractivity contribution in [2.75, 3.05) is 13.1 Å². The summed E-state index contributed by atoms with van der Waals surface area (Å²) in [5.74, 6) is 0.899. The van der Waals surface area contributed by atoms with E-state index >= 15 is 0 Å². The van der Waals surface area contributed by atoms with Crippen LogP contribution in [0.5, 0.6) is 0 Å². The number of carbonyl (C=O) groups excluding carboxylic acids is 1. The molecule has 8 nitrogen and oxygen atoms in total. The molecule has 2 atom stereocenters. The molecule has 0 aromatic carbocycles. The zero-order valence-corrected chi connectivity index (χ0v) is 19.0. The molecule has 0 unspecified atom stereocenters. The molecule has 4 rings (SSSR count). The third-order valence-corrected chi connectivity index (χ3v) is 6.85. The van der Waals surface area contributed by atoms with Crippen molar-refractivity contribution in [3.8, 4) is 10.6 Å². The zero-order chi connectivity index (χ0) is 21.4. The van der Waals surface area contributed by atoms with Gasteiger partial charge in [-0.05, 0) is 57.6 Å². The Balaban J connectivity index is 1.47. The second-order valence-electron chi connectivity index (χ2n) is 8.32. The number of hydrogen-bond acceptors (Lipinski definition) is 7. The SMILES string of the molecule is Cc1cc(-c2snnc2[C@H]2CCCN(C(=O)[C@@H](C)Cn3nc(C)c(C)c3C)C2)on1. The molecule has 0 N–H and O–H groups in total. The van der Waals surface area contributed by atoms with Crippen molar-refractivity contribution in [1.82, 2.24) is 29.4 Å². The molecular weight excluding hydrogens is 400 g/mol. The van der Waals surface area contributed by atoms with Gasteiger partial charge in [0.05, 0.1) is 29.5 Å². The summed E-state index contributed by atoms with van der Waals surface area (Å²) in [6.07, 6.45) is 1.94. The summed E-state index contributed by atoms with van der Waals surface area (Å²) in [4.78, 5) is 16.1. The zero-order valence-electron chi connectivity index (χ0n) is 18.2. The number of carbonyl (C=O) groups is 1. The lowest BCUT2D eigenvalue weighted by Gasteiger charge is -2.34. The highest BCUT2D eigenvalue weighted by Gasteiger charge is 2.31. The second kappa shape index (κ2) is 8.29. The number of rotatable bonds is 5. The highest BCUT2D eigenvalue weighted by Crippen LogP contribution is 2.35. The normalized spacial score (nSPS) is 18.0. The van der Waals surface area contributed by atoms with Crippen molar-refractivity contribution in [1.29, 1.82) is 0 Å². The molecule has 3 aromatic rings. The molecule has 9 heteroatoms. The Bertz CT molecular complexity index is 1050. The fourth-order valence-electron chi connectivity index (χ4n) is 4.12. The first-order valence-corrected chi connectivity index (χ1v) is 11.2. The van der Waals surface area contributed by atoms with Crippen LogP contribution >= 0.6 is 11.5 Å². The van der Waals surface area contributed by atoms with E-state index in [1.807, 2.05) is 36.4 Å². The largest absolute Gasteiger partial charge is 0.355 e. The van der Waals surface area contributed by atoms with Crippen molar-refractivity contribution in [2.24, 2.45) is 5.92 Å². The minimum absolute atomic E-state index is 0.133. The van der Waals surface area contributed by atoms with Crippen molar-refractivity contribution >= 4 is 17.4 Å². The highest BCUT2D eigenvalue weighted by molar-refractivity contribution is 7.09. The van der Waals surface area contributed by atoms with Crippen molar-refractivity contribution < 1.29 is 9.32 Å². The third kappa shape index (κ3) is 3.90. The van der Waals surface area contributed by atoms with Gasteiger partial charge in [-0.2, -0.15) is 5.10 Å². The summed E-state index contributed by atoms with van der Waals surface area (Å²) in [7, 11) is 0. The van der Waals surface area contributed by atoms with E-state index in [0.717, 1.165) is 47.0 Å². The van der Waals surface area contributed by atoms with Gasteiger partial charge in [-0.1, -0.05) is 16.6 Å². The van der Waals surface area contributed by atoms with Crippen LogP contribution in [0.3, 0.4) is 0 Å². The lowest BCUT2D eigenvalue weighted by atomic mass is 9.92. The van der Waals surface area contributed by atoms with E-state index in [1.165, 1.54) is 17.1 Å². The van der Waals surface area contributed by atoms with Gasteiger partial charge in [0, 0.05) is 30.8 Å². The lowest BCUT2D eigenvalue weighted by molar-refractivity contribution is -0.136. The van der Waals surface area contributed by atoms with E-state index in [-0.39, 0.29) is 17.7 Å². The monoisotopic (exact) mass is 428 g/mol. The number of piperidine rings is 1. The van der Waals surface area contributed by atoms with Crippen LogP contribution in [0.2, 0.25) is 0 Å². The predicted molar refractivity (Wildman–Crippen MR) is 114 cm³/mol. The van der Waals surface area contributed by atoms with Gasteiger partial charge in [0.1, 0.15) is 4.88 Å². The van der Waals surface area contributed by atoms with Gasteiger partial charge in [0.25, 0.3) is 0 Å². The van der Waals surface area contributed by atoms with Crippen LogP contribution in [-0.2, 0) is 11.3 Å². The maximum absolute atomic E-state index is 13.2. The van der Waals surface area contributed by atoms with Crippen LogP contribution in [0.1, 0.15) is 54.0 Å². The topological polar surface area (TPSA) is 89.9 Å². The molecule has 1 amide bonds. The van der Waals surface area contributed by atoms with E-state index in [2.05, 4.69) is 33.7 Å². The van der Waals surface area contributed by atoms with E-state index in [1.54, 1.807) is 0 Å². The van der Waals surface area contributed by atoms with E-state index in [0.29, 0.717) is 18.8 Å². The quantitative estimate of drug-likeness (QED) is 0.616. The Kier molecular flexibility index (Phi) is 5.73. The van der Waals surface area contributed by atoms with Gasteiger partial charge in [-0.25, -0.2) is 0 Å². The van der Waals surface area contributed by atoms with Gasteiger partial charge in [-0.15, -0.1) is 5.10 Å². The molecule has 1 aliphatic rings. The van der Waals surface area contributed by atoms with Gasteiger partial charge in [0.15, 0.2) is 5.76 Å². The van der Waals surface area contributed by atoms with Crippen molar-refractivity contribution in [3.05, 3.63) is 34.4 Å². The van der Waals surface area contributed by atoms with E-state index in [9.17, 15) is 4.79 Å². The highest BCUT2D eigenvalue weighted by atomic mass is 32.1. The number of aryl methyl sites for hydroxylation is 2. The first kappa shape index (κ1) is 20.7. The maximum atomic E-state index is 13.2. The number of nitrogens with zero attached hydrogens (tertiary/aromatic N) is 6. The van der Waals surface area contributed by atoms with Crippen LogP contribution < -0.4 is 0 Å². The molecule has 0 spiro atoms. The minimum atomic E-state index is -0.133. The molecular formula is C21H28N6O2S. The molecule has 0 saturated carbocycles. The first-order valence-electron chi connectivity index (χ1n) is 10.4. The molecule has 3 aromatic heterocycles. The number of aromatic nitrogens is 5. The van der Waals surface area contributed by atoms with Gasteiger partial charge in [0.2, 0.25) is 5.91 Å². The molecule has 4 heterocycles. The second-order valence-corrected chi connectivity index (χ2v) is 9.08. The Morgan fingerprint density at radius 1 is 1.33 bits per heavy atom. The van der Waals surface area contributed by atoms with Crippen molar-refractivity contribution in [3.63, 3.8) is 0 Å². The molecule has 1 fully saturated rings. The van der Waals surface area contributed by atoms with E-state index < -0.39 is 0 Å². The Morgan fingerprint density at radius 3 is 2.80 bits per heavy atom. The van der Waals surface area contributed by atoms with Gasteiger partial charge < -0.3 is 9.42 Å². The molecule has 1 aliphatic heterocycles. The lowest BCUT2D eigenvalue weighted by Crippen LogP contribution is -2.43. The molecule has 0 bridgehead atoms. The Morgan fingerprint density at radius 2 is 2.13 bits per heavy atom. The molecule has 30 heavy (non-hydrogen) atoms. The predicted octanol–water partition coefficient (Wildman–Crippen LogP) is 3.67. The average molecular weight is 429 g/mol. The van der Waals surface area contributed by atoms with Crippen LogP contribution in [0.15, 0.2) is 10.6 Å².